The summed E-state index contributed by atoms with van der Waals surface area (Å²) in [6, 6.07) is 0. The Bertz CT molecular complexity index is 447. The molecule has 150 valence electrons. The van der Waals surface area contributed by atoms with Crippen LogP contribution >= 0.6 is 0 Å². The minimum absolute atomic E-state index is 0.358. The first-order valence-electron chi connectivity index (χ1n) is 10.9. The SMILES string of the molecule is CCCCC(COC(=O)C1(C(=O)O)CCCCC1)C(C)C1CCCCC1. The molecule has 4 nitrogen and oxygen atoms in total. The summed E-state index contributed by atoms with van der Waals surface area (Å²) in [5.74, 6) is 0.153. The zero-order valence-electron chi connectivity index (χ0n) is 16.8. The number of unbranched alkanes of at least 4 members (excludes halogenated alkanes) is 1. The van der Waals surface area contributed by atoms with E-state index in [1.165, 1.54) is 32.1 Å². The van der Waals surface area contributed by atoms with E-state index in [1.54, 1.807) is 0 Å². The molecule has 2 aliphatic rings. The van der Waals surface area contributed by atoms with Crippen molar-refractivity contribution < 1.29 is 19.4 Å². The van der Waals surface area contributed by atoms with E-state index < -0.39 is 17.4 Å². The Balaban J connectivity index is 1.98. The molecule has 26 heavy (non-hydrogen) atoms. The van der Waals surface area contributed by atoms with Crippen molar-refractivity contribution in [3.63, 3.8) is 0 Å². The summed E-state index contributed by atoms with van der Waals surface area (Å²) in [7, 11) is 0. The highest BCUT2D eigenvalue weighted by Crippen LogP contribution is 2.39. The Labute approximate surface area is 159 Å². The highest BCUT2D eigenvalue weighted by Gasteiger charge is 2.48. The maximum absolute atomic E-state index is 12.7. The molecular weight excluding hydrogens is 328 g/mol. The Morgan fingerprint density at radius 2 is 1.69 bits per heavy atom. The molecule has 0 aliphatic heterocycles. The average Bonchev–Trinajstić information content (AvgIpc) is 2.68. The molecule has 2 rings (SSSR count). The summed E-state index contributed by atoms with van der Waals surface area (Å²) in [5, 5.41) is 9.68. The van der Waals surface area contributed by atoms with Gasteiger partial charge in [-0.1, -0.05) is 78.1 Å². The zero-order valence-corrected chi connectivity index (χ0v) is 16.8. The molecule has 2 saturated carbocycles. The number of aliphatic carboxylic acids is 1. The second-order valence-electron chi connectivity index (χ2n) is 8.71. The highest BCUT2D eigenvalue weighted by atomic mass is 16.5. The monoisotopic (exact) mass is 366 g/mol. The van der Waals surface area contributed by atoms with Crippen LogP contribution in [0.4, 0.5) is 0 Å². The Morgan fingerprint density at radius 3 is 2.27 bits per heavy atom. The summed E-state index contributed by atoms with van der Waals surface area (Å²) in [5.41, 5.74) is -1.29. The van der Waals surface area contributed by atoms with Crippen molar-refractivity contribution in [1.82, 2.24) is 0 Å². The van der Waals surface area contributed by atoms with Crippen LogP contribution in [0.1, 0.15) is 97.3 Å². The zero-order chi connectivity index (χ0) is 19.0. The number of carbonyl (C=O) groups is 2. The lowest BCUT2D eigenvalue weighted by molar-refractivity contribution is -0.173. The molecule has 0 heterocycles. The van der Waals surface area contributed by atoms with Crippen molar-refractivity contribution in [1.29, 1.82) is 0 Å². The number of hydrogen-bond acceptors (Lipinski definition) is 3. The largest absolute Gasteiger partial charge is 0.480 e. The molecule has 0 aromatic heterocycles. The van der Waals surface area contributed by atoms with Gasteiger partial charge in [0.05, 0.1) is 6.61 Å². The molecule has 4 heteroatoms. The van der Waals surface area contributed by atoms with Gasteiger partial charge < -0.3 is 9.84 Å². The van der Waals surface area contributed by atoms with Crippen LogP contribution in [0.2, 0.25) is 0 Å². The molecule has 2 atom stereocenters. The number of esters is 1. The molecule has 0 aromatic carbocycles. The minimum atomic E-state index is -1.29. The predicted molar refractivity (Wildman–Crippen MR) is 103 cm³/mol. The number of carbonyl (C=O) groups excluding carboxylic acids is 1. The number of hydrogen-bond donors (Lipinski definition) is 1. The van der Waals surface area contributed by atoms with Crippen molar-refractivity contribution in [2.45, 2.75) is 97.3 Å². The fourth-order valence-electron chi connectivity index (χ4n) is 4.99. The normalized spacial score (nSPS) is 23.2. The van der Waals surface area contributed by atoms with Gasteiger partial charge in [0.15, 0.2) is 5.41 Å². The lowest BCUT2D eigenvalue weighted by Gasteiger charge is -2.35. The molecule has 0 radical (unpaired) electrons. The van der Waals surface area contributed by atoms with Gasteiger partial charge in [-0.3, -0.25) is 9.59 Å². The second-order valence-corrected chi connectivity index (χ2v) is 8.71. The molecule has 0 bridgehead atoms. The van der Waals surface area contributed by atoms with Gasteiger partial charge in [0, 0.05) is 0 Å². The highest BCUT2D eigenvalue weighted by molar-refractivity contribution is 5.99. The summed E-state index contributed by atoms with van der Waals surface area (Å²) in [6.45, 7) is 4.90. The maximum Gasteiger partial charge on any atom is 0.323 e. The number of carboxylic acid groups (broad SMARTS) is 1. The van der Waals surface area contributed by atoms with E-state index in [2.05, 4.69) is 13.8 Å². The summed E-state index contributed by atoms with van der Waals surface area (Å²) >= 11 is 0. The fourth-order valence-corrected chi connectivity index (χ4v) is 4.99. The lowest BCUT2D eigenvalue weighted by Crippen LogP contribution is -2.43. The second kappa shape index (κ2) is 10.3. The fraction of sp³-hybridized carbons (Fsp3) is 0.909. The van der Waals surface area contributed by atoms with Crippen LogP contribution in [-0.4, -0.2) is 23.7 Å². The quantitative estimate of drug-likeness (QED) is 0.427. The van der Waals surface area contributed by atoms with Crippen LogP contribution in [0.5, 0.6) is 0 Å². The van der Waals surface area contributed by atoms with E-state index in [1.807, 2.05) is 0 Å². The van der Waals surface area contributed by atoms with Gasteiger partial charge in [-0.05, 0) is 37.0 Å². The lowest BCUT2D eigenvalue weighted by atomic mass is 9.73. The van der Waals surface area contributed by atoms with Gasteiger partial charge in [0.2, 0.25) is 0 Å². The number of rotatable bonds is 9. The van der Waals surface area contributed by atoms with Crippen LogP contribution in [0.3, 0.4) is 0 Å². The molecule has 1 N–H and O–H groups in total. The summed E-state index contributed by atoms with van der Waals surface area (Å²) in [4.78, 5) is 24.6. The van der Waals surface area contributed by atoms with E-state index in [0.29, 0.717) is 31.3 Å². The van der Waals surface area contributed by atoms with Crippen LogP contribution in [-0.2, 0) is 14.3 Å². The molecule has 2 unspecified atom stereocenters. The van der Waals surface area contributed by atoms with Gasteiger partial charge in [-0.2, -0.15) is 0 Å². The van der Waals surface area contributed by atoms with Gasteiger partial charge in [0.25, 0.3) is 0 Å². The smallest absolute Gasteiger partial charge is 0.323 e. The van der Waals surface area contributed by atoms with Gasteiger partial charge >= 0.3 is 11.9 Å². The van der Waals surface area contributed by atoms with Crippen molar-refractivity contribution in [3.05, 3.63) is 0 Å². The van der Waals surface area contributed by atoms with Crippen molar-refractivity contribution >= 4 is 11.9 Å². The first kappa shape index (κ1) is 21.2. The van der Waals surface area contributed by atoms with Gasteiger partial charge in [-0.25, -0.2) is 0 Å². The Kier molecular flexibility index (Phi) is 8.43. The van der Waals surface area contributed by atoms with Crippen molar-refractivity contribution in [2.75, 3.05) is 6.61 Å². The molecule has 0 aromatic rings. The Morgan fingerprint density at radius 1 is 1.08 bits per heavy atom. The predicted octanol–water partition coefficient (Wildman–Crippen LogP) is 5.59. The van der Waals surface area contributed by atoms with Crippen LogP contribution in [0.15, 0.2) is 0 Å². The minimum Gasteiger partial charge on any atom is -0.480 e. The third-order valence-corrected chi connectivity index (χ3v) is 7.00. The van der Waals surface area contributed by atoms with Crippen molar-refractivity contribution in [2.24, 2.45) is 23.2 Å². The summed E-state index contributed by atoms with van der Waals surface area (Å²) in [6.07, 6.45) is 13.4. The molecule has 2 fully saturated rings. The first-order chi connectivity index (χ1) is 12.5. The van der Waals surface area contributed by atoms with Crippen LogP contribution < -0.4 is 0 Å². The molecule has 0 amide bonds. The van der Waals surface area contributed by atoms with Crippen molar-refractivity contribution in [3.8, 4) is 0 Å². The molecule has 0 saturated heterocycles. The average molecular weight is 367 g/mol. The number of ether oxygens (including phenoxy) is 1. The van der Waals surface area contributed by atoms with E-state index in [4.69, 9.17) is 4.74 Å². The van der Waals surface area contributed by atoms with Crippen LogP contribution in [0, 0.1) is 23.2 Å². The number of carboxylic acids is 1. The van der Waals surface area contributed by atoms with E-state index in [0.717, 1.165) is 44.4 Å². The topological polar surface area (TPSA) is 63.6 Å². The van der Waals surface area contributed by atoms with E-state index >= 15 is 0 Å². The van der Waals surface area contributed by atoms with E-state index in [-0.39, 0.29) is 0 Å². The first-order valence-corrected chi connectivity index (χ1v) is 10.9. The van der Waals surface area contributed by atoms with Crippen LogP contribution in [0.25, 0.3) is 0 Å². The van der Waals surface area contributed by atoms with Gasteiger partial charge in [0.1, 0.15) is 0 Å². The standard InChI is InChI=1S/C22H38O4/c1-3-4-11-19(17(2)18-12-7-5-8-13-18)16-26-21(25)22(20(23)24)14-9-6-10-15-22/h17-19H,3-16H2,1-2H3,(H,23,24). The molecule has 2 aliphatic carbocycles. The van der Waals surface area contributed by atoms with Gasteiger partial charge in [-0.15, -0.1) is 0 Å². The third-order valence-electron chi connectivity index (χ3n) is 7.00. The maximum atomic E-state index is 12.7. The summed E-state index contributed by atoms with van der Waals surface area (Å²) < 4.78 is 5.70. The Hall–Kier alpha value is -1.06. The van der Waals surface area contributed by atoms with E-state index in [9.17, 15) is 14.7 Å². The third kappa shape index (κ3) is 5.23. The molecular formula is C22H38O4. The molecule has 0 spiro atoms.